The van der Waals surface area contributed by atoms with Crippen LogP contribution in [0.25, 0.3) is 10.9 Å². The summed E-state index contributed by atoms with van der Waals surface area (Å²) in [5.74, 6) is -0.259. The van der Waals surface area contributed by atoms with Gasteiger partial charge in [0.2, 0.25) is 5.91 Å². The van der Waals surface area contributed by atoms with Gasteiger partial charge in [-0.25, -0.2) is 4.79 Å². The number of nitrogens with one attached hydrogen (secondary N) is 1. The van der Waals surface area contributed by atoms with Gasteiger partial charge in [0.15, 0.2) is 12.4 Å². The number of carbonyl (C=O) groups is 3. The molecule has 3 rings (SSSR count). The van der Waals surface area contributed by atoms with Crippen molar-refractivity contribution in [2.75, 3.05) is 20.3 Å². The topological polar surface area (TPSA) is 94.6 Å². The Balaban J connectivity index is 1.59. The maximum atomic E-state index is 12.6. The standard InChI is InChI=1S/C25H26N2O5/c1-16-22(14-20-13-21(31-3)10-11-23(20)27-16)25(30)32-15-24(29)19-8-6-18(7-9-19)5-4-12-26-17(2)28/h6-11,13-14H,4-5,12,15H2,1-3H3,(H,26,28). The number of ketones is 1. The summed E-state index contributed by atoms with van der Waals surface area (Å²) in [6.07, 6.45) is 1.61. The van der Waals surface area contributed by atoms with Gasteiger partial charge in [0, 0.05) is 24.4 Å². The highest BCUT2D eigenvalue weighted by Crippen LogP contribution is 2.22. The minimum atomic E-state index is -0.595. The molecule has 0 radical (unpaired) electrons. The molecular formula is C25H26N2O5. The van der Waals surface area contributed by atoms with E-state index in [1.165, 1.54) is 6.92 Å². The fourth-order valence-electron chi connectivity index (χ4n) is 3.29. The number of rotatable bonds is 9. The quantitative estimate of drug-likeness (QED) is 0.314. The van der Waals surface area contributed by atoms with Gasteiger partial charge in [-0.05, 0) is 49.6 Å². The Hall–Kier alpha value is -3.74. The molecule has 1 heterocycles. The van der Waals surface area contributed by atoms with E-state index in [9.17, 15) is 14.4 Å². The second kappa shape index (κ2) is 10.5. The second-order valence-electron chi connectivity index (χ2n) is 7.46. The maximum Gasteiger partial charge on any atom is 0.340 e. The largest absolute Gasteiger partial charge is 0.497 e. The van der Waals surface area contributed by atoms with Gasteiger partial charge in [-0.3, -0.25) is 14.6 Å². The summed E-state index contributed by atoms with van der Waals surface area (Å²) in [5, 5.41) is 3.51. The first kappa shape index (κ1) is 22.9. The number of hydrogen-bond acceptors (Lipinski definition) is 6. The molecule has 32 heavy (non-hydrogen) atoms. The molecule has 0 aliphatic heterocycles. The number of benzene rings is 2. The third-order valence-electron chi connectivity index (χ3n) is 5.06. The molecule has 1 aromatic heterocycles. The molecule has 0 saturated heterocycles. The number of aryl methyl sites for hydroxylation is 2. The normalized spacial score (nSPS) is 10.6. The summed E-state index contributed by atoms with van der Waals surface area (Å²) >= 11 is 0. The average molecular weight is 434 g/mol. The molecule has 3 aromatic rings. The Morgan fingerprint density at radius 1 is 1.03 bits per heavy atom. The van der Waals surface area contributed by atoms with Crippen LogP contribution in [0.4, 0.5) is 0 Å². The molecule has 0 bridgehead atoms. The van der Waals surface area contributed by atoms with Crippen molar-refractivity contribution in [1.29, 1.82) is 0 Å². The summed E-state index contributed by atoms with van der Waals surface area (Å²) in [7, 11) is 1.57. The number of pyridine rings is 1. The Morgan fingerprint density at radius 3 is 2.47 bits per heavy atom. The van der Waals surface area contributed by atoms with Crippen molar-refractivity contribution in [3.05, 3.63) is 70.9 Å². The summed E-state index contributed by atoms with van der Waals surface area (Å²) in [6, 6.07) is 14.3. The van der Waals surface area contributed by atoms with Crippen LogP contribution in [-0.2, 0) is 16.0 Å². The van der Waals surface area contributed by atoms with E-state index in [-0.39, 0.29) is 18.3 Å². The predicted molar refractivity (Wildman–Crippen MR) is 121 cm³/mol. The van der Waals surface area contributed by atoms with Crippen LogP contribution in [0.2, 0.25) is 0 Å². The zero-order valence-electron chi connectivity index (χ0n) is 18.4. The van der Waals surface area contributed by atoms with Crippen LogP contribution in [-0.4, -0.2) is 42.9 Å². The lowest BCUT2D eigenvalue weighted by atomic mass is 10.1. The minimum absolute atomic E-state index is 0.0464. The van der Waals surface area contributed by atoms with Crippen LogP contribution in [0.1, 0.15) is 45.3 Å². The molecule has 0 aliphatic carbocycles. The van der Waals surface area contributed by atoms with Crippen molar-refractivity contribution in [2.24, 2.45) is 0 Å². The third-order valence-corrected chi connectivity index (χ3v) is 5.06. The fraction of sp³-hybridized carbons (Fsp3) is 0.280. The van der Waals surface area contributed by atoms with Crippen molar-refractivity contribution in [1.82, 2.24) is 10.3 Å². The van der Waals surface area contributed by atoms with Gasteiger partial charge in [-0.1, -0.05) is 24.3 Å². The third kappa shape index (κ3) is 5.91. The maximum absolute atomic E-state index is 12.6. The smallest absolute Gasteiger partial charge is 0.340 e. The van der Waals surface area contributed by atoms with Crippen LogP contribution in [0.3, 0.4) is 0 Å². The molecule has 0 spiro atoms. The zero-order valence-corrected chi connectivity index (χ0v) is 18.4. The van der Waals surface area contributed by atoms with Gasteiger partial charge in [-0.2, -0.15) is 0 Å². The lowest BCUT2D eigenvalue weighted by Gasteiger charge is -2.09. The molecule has 1 N–H and O–H groups in total. The predicted octanol–water partition coefficient (Wildman–Crippen LogP) is 3.66. The van der Waals surface area contributed by atoms with Crippen molar-refractivity contribution >= 4 is 28.6 Å². The molecule has 0 atom stereocenters. The first-order valence-electron chi connectivity index (χ1n) is 10.4. The molecule has 7 nitrogen and oxygen atoms in total. The van der Waals surface area contributed by atoms with Gasteiger partial charge < -0.3 is 14.8 Å². The summed E-state index contributed by atoms with van der Waals surface area (Å²) in [6.45, 7) is 3.48. The number of hydrogen-bond donors (Lipinski definition) is 1. The number of Topliss-reactive ketones (excluding diaryl/α,β-unsaturated/α-hetero) is 1. The van der Waals surface area contributed by atoms with E-state index in [4.69, 9.17) is 9.47 Å². The monoisotopic (exact) mass is 434 g/mol. The first-order chi connectivity index (χ1) is 15.4. The van der Waals surface area contributed by atoms with Crippen LogP contribution < -0.4 is 10.1 Å². The molecule has 0 unspecified atom stereocenters. The van der Waals surface area contributed by atoms with Crippen molar-refractivity contribution in [3.63, 3.8) is 0 Å². The van der Waals surface area contributed by atoms with Crippen molar-refractivity contribution in [3.8, 4) is 5.75 Å². The SMILES string of the molecule is COc1ccc2nc(C)c(C(=O)OCC(=O)c3ccc(CCCNC(C)=O)cc3)cc2c1. The van der Waals surface area contributed by atoms with E-state index in [0.29, 0.717) is 29.1 Å². The average Bonchev–Trinajstić information content (AvgIpc) is 2.79. The van der Waals surface area contributed by atoms with E-state index < -0.39 is 5.97 Å². The number of amides is 1. The first-order valence-corrected chi connectivity index (χ1v) is 10.4. The van der Waals surface area contributed by atoms with Crippen molar-refractivity contribution in [2.45, 2.75) is 26.7 Å². The van der Waals surface area contributed by atoms with E-state index in [0.717, 1.165) is 29.3 Å². The van der Waals surface area contributed by atoms with Crippen LogP contribution in [0.5, 0.6) is 5.75 Å². The van der Waals surface area contributed by atoms with Crippen LogP contribution in [0, 0.1) is 6.92 Å². The van der Waals surface area contributed by atoms with Gasteiger partial charge in [0.1, 0.15) is 5.75 Å². The van der Waals surface area contributed by atoms with Crippen molar-refractivity contribution < 1.29 is 23.9 Å². The molecular weight excluding hydrogens is 408 g/mol. The molecule has 0 saturated carbocycles. The summed E-state index contributed by atoms with van der Waals surface area (Å²) in [5.41, 5.74) is 3.13. The number of carbonyl (C=O) groups excluding carboxylic acids is 3. The second-order valence-corrected chi connectivity index (χ2v) is 7.46. The number of fused-ring (bicyclic) bond motifs is 1. The minimum Gasteiger partial charge on any atom is -0.497 e. The number of aromatic nitrogens is 1. The summed E-state index contributed by atoms with van der Waals surface area (Å²) in [4.78, 5) is 40.4. The van der Waals surface area contributed by atoms with E-state index in [2.05, 4.69) is 10.3 Å². The highest BCUT2D eigenvalue weighted by molar-refractivity contribution is 6.00. The lowest BCUT2D eigenvalue weighted by Crippen LogP contribution is -2.21. The Labute approximate surface area is 186 Å². The highest BCUT2D eigenvalue weighted by atomic mass is 16.5. The highest BCUT2D eigenvalue weighted by Gasteiger charge is 2.16. The molecule has 7 heteroatoms. The fourth-order valence-corrected chi connectivity index (χ4v) is 3.29. The summed E-state index contributed by atoms with van der Waals surface area (Å²) < 4.78 is 10.5. The molecule has 0 aliphatic rings. The van der Waals surface area contributed by atoms with Gasteiger partial charge >= 0.3 is 5.97 Å². The van der Waals surface area contributed by atoms with Crippen LogP contribution in [0.15, 0.2) is 48.5 Å². The number of methoxy groups -OCH3 is 1. The molecule has 166 valence electrons. The molecule has 2 aromatic carbocycles. The molecule has 0 fully saturated rings. The van der Waals surface area contributed by atoms with E-state index in [1.54, 1.807) is 44.4 Å². The van der Waals surface area contributed by atoms with Gasteiger partial charge in [-0.15, -0.1) is 0 Å². The van der Waals surface area contributed by atoms with E-state index in [1.807, 2.05) is 18.2 Å². The Kier molecular flexibility index (Phi) is 7.54. The van der Waals surface area contributed by atoms with Gasteiger partial charge in [0.25, 0.3) is 0 Å². The molecule has 1 amide bonds. The number of ether oxygens (including phenoxy) is 2. The lowest BCUT2D eigenvalue weighted by molar-refractivity contribution is -0.118. The van der Waals surface area contributed by atoms with E-state index >= 15 is 0 Å². The van der Waals surface area contributed by atoms with Crippen LogP contribution >= 0.6 is 0 Å². The Bertz CT molecular complexity index is 1140. The number of nitrogens with zero attached hydrogens (tertiary/aromatic N) is 1. The number of esters is 1. The Morgan fingerprint density at radius 2 is 1.78 bits per heavy atom. The zero-order chi connectivity index (χ0) is 23.1. The van der Waals surface area contributed by atoms with Gasteiger partial charge in [0.05, 0.1) is 23.9 Å².